The number of nitrogens with zero attached hydrogens (tertiary/aromatic N) is 1. The number of methoxy groups -OCH3 is 1. The monoisotopic (exact) mass is 162 g/mol. The van der Waals surface area contributed by atoms with Crippen LogP contribution in [-0.2, 0) is 13.8 Å². The van der Waals surface area contributed by atoms with Crippen LogP contribution in [0.5, 0.6) is 0 Å². The molecule has 0 saturated heterocycles. The lowest BCUT2D eigenvalue weighted by Gasteiger charge is -1.90. The predicted octanol–water partition coefficient (Wildman–Crippen LogP) is 1.26. The third kappa shape index (κ3) is 2.88. The molecule has 0 N–H and O–H groups in total. The van der Waals surface area contributed by atoms with Crippen LogP contribution in [0.2, 0.25) is 0 Å². The van der Waals surface area contributed by atoms with Crippen molar-refractivity contribution in [3.05, 3.63) is 0 Å². The van der Waals surface area contributed by atoms with Crippen LogP contribution < -0.4 is 0 Å². The van der Waals surface area contributed by atoms with Gasteiger partial charge in [-0.3, -0.25) is 0 Å². The lowest BCUT2D eigenvalue weighted by Crippen LogP contribution is -2.02. The fourth-order valence-electron chi connectivity index (χ4n) is 0.381. The third-order valence-corrected chi connectivity index (χ3v) is 2.00. The van der Waals surface area contributed by atoms with Crippen molar-refractivity contribution in [1.82, 2.24) is 0 Å². The first-order valence-corrected chi connectivity index (χ1v) is 4.02. The van der Waals surface area contributed by atoms with Gasteiger partial charge in [-0.15, -0.1) is 4.52 Å². The normalized spacial score (nSPS) is 13.9. The van der Waals surface area contributed by atoms with Crippen molar-refractivity contribution >= 4 is 8.03 Å². The standard InChI is InChI=1S/C5H9NO3P/c1-3-9-10(7)5(4-6)8-2/h5H,3H2,1-2H3/q+1. The van der Waals surface area contributed by atoms with Gasteiger partial charge >= 0.3 is 13.9 Å². The molecule has 0 spiro atoms. The van der Waals surface area contributed by atoms with Crippen molar-refractivity contribution in [2.75, 3.05) is 13.7 Å². The van der Waals surface area contributed by atoms with Gasteiger partial charge in [-0.2, -0.15) is 5.26 Å². The van der Waals surface area contributed by atoms with E-state index in [4.69, 9.17) is 5.26 Å². The van der Waals surface area contributed by atoms with Crippen LogP contribution >= 0.6 is 8.03 Å². The molecule has 0 radical (unpaired) electrons. The first kappa shape index (κ1) is 9.51. The molecule has 0 aromatic carbocycles. The highest BCUT2D eigenvalue weighted by molar-refractivity contribution is 7.40. The third-order valence-electron chi connectivity index (χ3n) is 0.782. The van der Waals surface area contributed by atoms with Gasteiger partial charge in [0, 0.05) is 7.11 Å². The minimum absolute atomic E-state index is 0.330. The van der Waals surface area contributed by atoms with Crippen LogP contribution in [0.1, 0.15) is 6.92 Å². The van der Waals surface area contributed by atoms with E-state index in [2.05, 4.69) is 9.26 Å². The van der Waals surface area contributed by atoms with Gasteiger partial charge in [0.15, 0.2) is 6.07 Å². The maximum atomic E-state index is 10.8. The van der Waals surface area contributed by atoms with Crippen LogP contribution in [0, 0.1) is 11.3 Å². The molecule has 0 bridgehead atoms. The summed E-state index contributed by atoms with van der Waals surface area (Å²) < 4.78 is 20.0. The Labute approximate surface area is 60.6 Å². The lowest BCUT2D eigenvalue weighted by atomic mass is 10.8. The van der Waals surface area contributed by atoms with Crippen LogP contribution in [-0.4, -0.2) is 19.6 Å². The lowest BCUT2D eigenvalue weighted by molar-refractivity contribution is 0.187. The summed E-state index contributed by atoms with van der Waals surface area (Å²) in [5, 5.41) is 8.28. The predicted molar refractivity (Wildman–Crippen MR) is 35.6 cm³/mol. The summed E-state index contributed by atoms with van der Waals surface area (Å²) in [6.45, 7) is 2.04. The zero-order valence-electron chi connectivity index (χ0n) is 5.90. The van der Waals surface area contributed by atoms with Gasteiger partial charge in [0.25, 0.3) is 0 Å². The summed E-state index contributed by atoms with van der Waals surface area (Å²) in [7, 11) is -0.658. The van der Waals surface area contributed by atoms with E-state index in [0.29, 0.717) is 6.61 Å². The zero-order valence-corrected chi connectivity index (χ0v) is 6.80. The number of hydrogen-bond donors (Lipinski definition) is 0. The van der Waals surface area contributed by atoms with E-state index in [-0.39, 0.29) is 0 Å². The molecule has 0 aromatic rings. The van der Waals surface area contributed by atoms with E-state index in [9.17, 15) is 4.57 Å². The zero-order chi connectivity index (χ0) is 7.98. The van der Waals surface area contributed by atoms with Gasteiger partial charge in [0.1, 0.15) is 0 Å². The highest BCUT2D eigenvalue weighted by Crippen LogP contribution is 2.28. The second-order valence-corrected chi connectivity index (χ2v) is 2.72. The van der Waals surface area contributed by atoms with Crippen LogP contribution in [0.25, 0.3) is 0 Å². The van der Waals surface area contributed by atoms with Crippen molar-refractivity contribution in [2.45, 2.75) is 12.8 Å². The van der Waals surface area contributed by atoms with Crippen LogP contribution in [0.15, 0.2) is 0 Å². The average molecular weight is 162 g/mol. The Kier molecular flexibility index (Phi) is 5.05. The summed E-state index contributed by atoms with van der Waals surface area (Å²) in [5.74, 6) is -0.935. The molecule has 0 amide bonds. The molecule has 0 heterocycles. The minimum Gasteiger partial charge on any atom is -0.325 e. The molecule has 10 heavy (non-hydrogen) atoms. The van der Waals surface area contributed by atoms with Crippen molar-refractivity contribution in [1.29, 1.82) is 5.26 Å². The van der Waals surface area contributed by atoms with Gasteiger partial charge in [0.2, 0.25) is 0 Å². The highest BCUT2D eigenvalue weighted by Gasteiger charge is 2.31. The Morgan fingerprint density at radius 3 is 2.70 bits per heavy atom. The summed E-state index contributed by atoms with van der Waals surface area (Å²) in [6.07, 6.45) is 0. The van der Waals surface area contributed by atoms with Gasteiger partial charge < -0.3 is 4.74 Å². The fraction of sp³-hybridized carbons (Fsp3) is 0.800. The summed E-state index contributed by atoms with van der Waals surface area (Å²) in [4.78, 5) is 0. The second kappa shape index (κ2) is 5.31. The number of nitriles is 1. The van der Waals surface area contributed by atoms with Gasteiger partial charge in [-0.1, -0.05) is 0 Å². The summed E-state index contributed by atoms with van der Waals surface area (Å²) >= 11 is 0. The average Bonchev–Trinajstić information content (AvgIpc) is 1.91. The molecule has 2 atom stereocenters. The molecule has 0 fully saturated rings. The largest absolute Gasteiger partial charge is 0.556 e. The molecule has 0 rings (SSSR count). The van der Waals surface area contributed by atoms with E-state index >= 15 is 0 Å². The summed E-state index contributed by atoms with van der Waals surface area (Å²) in [5.41, 5.74) is 0. The van der Waals surface area contributed by atoms with E-state index in [1.165, 1.54) is 7.11 Å². The topological polar surface area (TPSA) is 59.3 Å². The van der Waals surface area contributed by atoms with E-state index < -0.39 is 13.9 Å². The van der Waals surface area contributed by atoms with E-state index in [0.717, 1.165) is 0 Å². The first-order valence-electron chi connectivity index (χ1n) is 2.78. The molecule has 0 aliphatic carbocycles. The second-order valence-electron chi connectivity index (χ2n) is 1.42. The molecule has 0 aromatic heterocycles. The maximum Gasteiger partial charge on any atom is 0.556 e. The quantitative estimate of drug-likeness (QED) is 0.584. The number of ether oxygens (including phenoxy) is 1. The van der Waals surface area contributed by atoms with Crippen LogP contribution in [0.4, 0.5) is 0 Å². The Morgan fingerprint density at radius 1 is 1.80 bits per heavy atom. The SMILES string of the molecule is CCO[P+](=O)C(C#N)OC. The molecule has 0 aliphatic rings. The van der Waals surface area contributed by atoms with Gasteiger partial charge in [-0.05, 0) is 11.5 Å². The molecular formula is C5H9NO3P+. The Balaban J connectivity index is 3.80. The van der Waals surface area contributed by atoms with Crippen molar-refractivity contribution < 1.29 is 13.8 Å². The fourth-order valence-corrected chi connectivity index (χ4v) is 1.04. The highest BCUT2D eigenvalue weighted by atomic mass is 31.1. The van der Waals surface area contributed by atoms with Crippen molar-refractivity contribution in [3.8, 4) is 6.07 Å². The van der Waals surface area contributed by atoms with Crippen molar-refractivity contribution in [3.63, 3.8) is 0 Å². The molecule has 5 heteroatoms. The van der Waals surface area contributed by atoms with E-state index in [1.54, 1.807) is 13.0 Å². The Morgan fingerprint density at radius 2 is 2.40 bits per heavy atom. The minimum atomic E-state index is -1.98. The molecule has 0 aliphatic heterocycles. The maximum absolute atomic E-state index is 10.8. The molecule has 4 nitrogen and oxygen atoms in total. The van der Waals surface area contributed by atoms with Crippen LogP contribution in [0.3, 0.4) is 0 Å². The molecule has 56 valence electrons. The Bertz CT molecular complexity index is 153. The van der Waals surface area contributed by atoms with Gasteiger partial charge in [-0.25, -0.2) is 0 Å². The first-order chi connectivity index (χ1) is 4.76. The van der Waals surface area contributed by atoms with E-state index in [1.807, 2.05) is 0 Å². The molecule has 2 unspecified atom stereocenters. The molecule has 0 saturated carbocycles. The van der Waals surface area contributed by atoms with Gasteiger partial charge in [0.05, 0.1) is 6.61 Å². The Hall–Kier alpha value is -0.490. The molecular weight excluding hydrogens is 153 g/mol. The number of hydrogen-bond acceptors (Lipinski definition) is 4. The van der Waals surface area contributed by atoms with Crippen molar-refractivity contribution in [2.24, 2.45) is 0 Å². The number of rotatable bonds is 4. The smallest absolute Gasteiger partial charge is 0.325 e. The summed E-state index contributed by atoms with van der Waals surface area (Å²) in [6, 6.07) is 1.71.